The van der Waals surface area contributed by atoms with E-state index in [4.69, 9.17) is 5.11 Å². The predicted octanol–water partition coefficient (Wildman–Crippen LogP) is 0.834. The fourth-order valence-electron chi connectivity index (χ4n) is 0.310. The third kappa shape index (κ3) is 4.09. The zero-order valence-corrected chi connectivity index (χ0v) is 6.20. The van der Waals surface area contributed by atoms with Crippen molar-refractivity contribution in [3.05, 3.63) is 12.3 Å². The molecule has 3 heteroatoms. The minimum absolute atomic E-state index is 0.621. The van der Waals surface area contributed by atoms with Crippen molar-refractivity contribution in [1.82, 2.24) is 0 Å². The minimum atomic E-state index is -1.04. The van der Waals surface area contributed by atoms with Crippen molar-refractivity contribution in [2.75, 3.05) is 0 Å². The van der Waals surface area contributed by atoms with Gasteiger partial charge in [0.05, 0.1) is 6.26 Å². The molecule has 0 radical (unpaired) electrons. The van der Waals surface area contributed by atoms with Crippen LogP contribution in [-0.2, 0) is 9.53 Å². The molecule has 10 heavy (non-hydrogen) atoms. The van der Waals surface area contributed by atoms with Gasteiger partial charge in [-0.25, -0.2) is 4.79 Å². The fraction of sp³-hybridized carbons (Fsp3) is 0.571. The van der Waals surface area contributed by atoms with Gasteiger partial charge in [-0.3, -0.25) is 0 Å². The van der Waals surface area contributed by atoms with E-state index in [2.05, 4.69) is 4.74 Å². The fourth-order valence-corrected chi connectivity index (χ4v) is 0.310. The first-order valence-corrected chi connectivity index (χ1v) is 3.22. The Balaban J connectivity index is 3.49. The van der Waals surface area contributed by atoms with Gasteiger partial charge in [0, 0.05) is 0 Å². The van der Waals surface area contributed by atoms with Crippen LogP contribution in [0.15, 0.2) is 12.3 Å². The third-order valence-corrected chi connectivity index (χ3v) is 0.857. The van der Waals surface area contributed by atoms with E-state index in [1.54, 1.807) is 6.08 Å². The molecule has 0 fully saturated rings. The largest absolute Gasteiger partial charge is 0.433 e. The Hall–Kier alpha value is -0.830. The molecule has 0 amide bonds. The molecule has 58 valence electrons. The Kier molecular flexibility index (Phi) is 4.58. The summed E-state index contributed by atoms with van der Waals surface area (Å²) in [6.45, 7) is 3.29. The van der Waals surface area contributed by atoms with Crippen LogP contribution in [0, 0.1) is 0 Å². The molecule has 0 aromatic carbocycles. The summed E-state index contributed by atoms with van der Waals surface area (Å²) in [6.07, 6.45) is 2.75. The molecule has 0 saturated heterocycles. The maximum absolute atomic E-state index is 10.5. The van der Waals surface area contributed by atoms with Crippen molar-refractivity contribution in [1.29, 1.82) is 0 Å². The summed E-state index contributed by atoms with van der Waals surface area (Å²) < 4.78 is 4.47. The van der Waals surface area contributed by atoms with Crippen molar-refractivity contribution >= 4 is 5.97 Å². The second-order valence-electron chi connectivity index (χ2n) is 1.89. The third-order valence-electron chi connectivity index (χ3n) is 0.857. The number of ether oxygens (including phenoxy) is 1. The second kappa shape index (κ2) is 4.99. The van der Waals surface area contributed by atoms with E-state index >= 15 is 0 Å². The number of esters is 1. The number of aliphatic hydroxyl groups excluding tert-OH is 1. The lowest BCUT2D eigenvalue weighted by Gasteiger charge is -1.99. The van der Waals surface area contributed by atoms with Gasteiger partial charge in [-0.1, -0.05) is 6.92 Å². The molecular weight excluding hydrogens is 132 g/mol. The van der Waals surface area contributed by atoms with Crippen LogP contribution in [0.1, 0.15) is 20.3 Å². The zero-order chi connectivity index (χ0) is 7.98. The van der Waals surface area contributed by atoms with E-state index in [1.807, 2.05) is 6.92 Å². The molecule has 0 rings (SSSR count). The number of hydrogen-bond donors (Lipinski definition) is 1. The van der Waals surface area contributed by atoms with Crippen LogP contribution in [0.25, 0.3) is 0 Å². The van der Waals surface area contributed by atoms with Gasteiger partial charge in [0.2, 0.25) is 0 Å². The average Bonchev–Trinajstić information content (AvgIpc) is 1.88. The summed E-state index contributed by atoms with van der Waals surface area (Å²) in [7, 11) is 0. The van der Waals surface area contributed by atoms with Crippen molar-refractivity contribution in [3.8, 4) is 0 Å². The van der Waals surface area contributed by atoms with E-state index in [1.165, 1.54) is 13.2 Å². The van der Waals surface area contributed by atoms with Crippen LogP contribution in [0.3, 0.4) is 0 Å². The predicted molar refractivity (Wildman–Crippen MR) is 37.2 cm³/mol. The molecule has 0 saturated carbocycles. The molecule has 0 aliphatic rings. The highest BCUT2D eigenvalue weighted by Gasteiger charge is 2.07. The highest BCUT2D eigenvalue weighted by molar-refractivity contribution is 5.74. The van der Waals surface area contributed by atoms with E-state index in [0.29, 0.717) is 0 Å². The summed E-state index contributed by atoms with van der Waals surface area (Å²) >= 11 is 0. The van der Waals surface area contributed by atoms with Gasteiger partial charge in [-0.15, -0.1) is 0 Å². The van der Waals surface area contributed by atoms with Crippen LogP contribution in [0.5, 0.6) is 0 Å². The zero-order valence-electron chi connectivity index (χ0n) is 6.20. The van der Waals surface area contributed by atoms with Gasteiger partial charge in [0.15, 0.2) is 0 Å². The van der Waals surface area contributed by atoms with Gasteiger partial charge in [0.1, 0.15) is 6.10 Å². The molecule has 0 bridgehead atoms. The van der Waals surface area contributed by atoms with Crippen molar-refractivity contribution in [3.63, 3.8) is 0 Å². The number of hydrogen-bond acceptors (Lipinski definition) is 3. The molecule has 3 nitrogen and oxygen atoms in total. The number of carbonyl (C=O) groups excluding carboxylic acids is 1. The number of rotatable bonds is 3. The molecule has 0 aliphatic heterocycles. The summed E-state index contributed by atoms with van der Waals surface area (Å²) in [6, 6.07) is 0. The molecule has 1 N–H and O–H groups in total. The number of aliphatic hydroxyl groups is 1. The Bertz CT molecular complexity index is 127. The quantitative estimate of drug-likeness (QED) is 0.471. The molecule has 0 aromatic heterocycles. The van der Waals surface area contributed by atoms with Gasteiger partial charge >= 0.3 is 5.97 Å². The van der Waals surface area contributed by atoms with E-state index in [0.717, 1.165) is 6.42 Å². The lowest BCUT2D eigenvalue weighted by atomic mass is 10.4. The normalized spacial score (nSPS) is 13.5. The Labute approximate surface area is 60.3 Å². The number of allylic oxidation sites excluding steroid dienone is 1. The Morgan fingerprint density at radius 2 is 2.40 bits per heavy atom. The maximum Gasteiger partial charge on any atom is 0.339 e. The lowest BCUT2D eigenvalue weighted by molar-refractivity contribution is -0.146. The van der Waals surface area contributed by atoms with Crippen LogP contribution >= 0.6 is 0 Å². The van der Waals surface area contributed by atoms with Gasteiger partial charge in [0.25, 0.3) is 0 Å². The highest BCUT2D eigenvalue weighted by atomic mass is 16.5. The molecule has 1 atom stereocenters. The van der Waals surface area contributed by atoms with E-state index in [9.17, 15) is 4.79 Å². The number of carbonyl (C=O) groups is 1. The van der Waals surface area contributed by atoms with Crippen molar-refractivity contribution in [2.45, 2.75) is 26.4 Å². The standard InChI is InChI=1S/C7H12O3/c1-3-4-5-10-7(9)6(2)8/h4-6,8H,3H2,1-2H3/b5-4+. The summed E-state index contributed by atoms with van der Waals surface area (Å²) in [5.41, 5.74) is 0. The average molecular weight is 144 g/mol. The van der Waals surface area contributed by atoms with E-state index < -0.39 is 12.1 Å². The Morgan fingerprint density at radius 1 is 1.80 bits per heavy atom. The highest BCUT2D eigenvalue weighted by Crippen LogP contribution is 1.88. The van der Waals surface area contributed by atoms with Gasteiger partial charge < -0.3 is 9.84 Å². The molecular formula is C7H12O3. The first-order chi connectivity index (χ1) is 4.68. The van der Waals surface area contributed by atoms with Crippen molar-refractivity contribution in [2.24, 2.45) is 0 Å². The van der Waals surface area contributed by atoms with Crippen molar-refractivity contribution < 1.29 is 14.6 Å². The van der Waals surface area contributed by atoms with Crippen LogP contribution < -0.4 is 0 Å². The summed E-state index contributed by atoms with van der Waals surface area (Å²) in [5, 5.41) is 8.61. The minimum Gasteiger partial charge on any atom is -0.433 e. The Morgan fingerprint density at radius 3 is 2.80 bits per heavy atom. The van der Waals surface area contributed by atoms with Gasteiger partial charge in [-0.2, -0.15) is 0 Å². The monoisotopic (exact) mass is 144 g/mol. The summed E-state index contributed by atoms with van der Waals surface area (Å²) in [5.74, 6) is -0.621. The van der Waals surface area contributed by atoms with Crippen LogP contribution in [0.4, 0.5) is 0 Å². The second-order valence-corrected chi connectivity index (χ2v) is 1.89. The molecule has 0 heterocycles. The smallest absolute Gasteiger partial charge is 0.339 e. The van der Waals surface area contributed by atoms with E-state index in [-0.39, 0.29) is 0 Å². The summed E-state index contributed by atoms with van der Waals surface area (Å²) in [4.78, 5) is 10.5. The molecule has 0 aromatic rings. The van der Waals surface area contributed by atoms with Crippen LogP contribution in [-0.4, -0.2) is 17.2 Å². The maximum atomic E-state index is 10.5. The first-order valence-electron chi connectivity index (χ1n) is 3.22. The molecule has 1 unspecified atom stereocenters. The molecule has 0 spiro atoms. The topological polar surface area (TPSA) is 46.5 Å². The van der Waals surface area contributed by atoms with Crippen LogP contribution in [0.2, 0.25) is 0 Å². The first kappa shape index (κ1) is 9.17. The SMILES string of the molecule is CC/C=C/OC(=O)C(C)O. The van der Waals surface area contributed by atoms with Gasteiger partial charge in [-0.05, 0) is 19.4 Å². The molecule has 0 aliphatic carbocycles. The lowest BCUT2D eigenvalue weighted by Crippen LogP contribution is -2.16.